The minimum absolute atomic E-state index is 0.568. The number of aromatic nitrogens is 2. The molecule has 0 radical (unpaired) electrons. The molecule has 6 heteroatoms. The number of benzene rings is 1. The first-order chi connectivity index (χ1) is 12.5. The number of nitriles is 1. The highest BCUT2D eigenvalue weighted by Crippen LogP contribution is 2.36. The fraction of sp³-hybridized carbons (Fsp3) is 0.350. The van der Waals surface area contributed by atoms with Gasteiger partial charge < -0.3 is 9.64 Å². The van der Waals surface area contributed by atoms with Crippen LogP contribution in [0, 0.1) is 25.2 Å². The van der Waals surface area contributed by atoms with Gasteiger partial charge in [0, 0.05) is 4.88 Å². The molecule has 26 heavy (non-hydrogen) atoms. The van der Waals surface area contributed by atoms with Crippen molar-refractivity contribution in [2.45, 2.75) is 34.2 Å². The van der Waals surface area contributed by atoms with E-state index >= 15 is 0 Å². The monoisotopic (exact) mass is 367 g/mol. The third kappa shape index (κ3) is 3.69. The first-order valence-corrected chi connectivity index (χ1v) is 9.65. The molecule has 0 unspecified atom stereocenters. The van der Waals surface area contributed by atoms with E-state index in [0.29, 0.717) is 17.2 Å². The van der Waals surface area contributed by atoms with Crippen LogP contribution in [0.15, 0.2) is 24.3 Å². The van der Waals surface area contributed by atoms with Gasteiger partial charge in [-0.3, -0.25) is 0 Å². The van der Waals surface area contributed by atoms with Crippen LogP contribution >= 0.6 is 11.3 Å². The molecule has 3 rings (SSSR count). The maximum atomic E-state index is 9.11. The highest BCUT2D eigenvalue weighted by Gasteiger charge is 2.18. The predicted octanol–water partition coefficient (Wildman–Crippen LogP) is 3.40. The molecule has 5 nitrogen and oxygen atoms in total. The molecule has 0 atom stereocenters. The van der Waals surface area contributed by atoms with Gasteiger partial charge >= 0.3 is 0 Å². The molecule has 0 amide bonds. The molecule has 1 N–H and O–H groups in total. The van der Waals surface area contributed by atoms with E-state index in [4.69, 9.17) is 20.0 Å². The Balaban J connectivity index is 2.07. The van der Waals surface area contributed by atoms with Gasteiger partial charge in [0.25, 0.3) is 0 Å². The molecular formula is C20H23N4OS+. The maximum absolute atomic E-state index is 9.11. The smallest absolute Gasteiger partial charge is 0.231 e. The number of rotatable bonds is 6. The lowest BCUT2D eigenvalue weighted by Gasteiger charge is -2.15. The summed E-state index contributed by atoms with van der Waals surface area (Å²) < 4.78 is 6.11. The Kier molecular flexibility index (Phi) is 5.50. The number of ether oxygens (including phenoxy) is 1. The third-order valence-electron chi connectivity index (χ3n) is 4.63. The van der Waals surface area contributed by atoms with Gasteiger partial charge in [-0.1, -0.05) is 6.07 Å². The van der Waals surface area contributed by atoms with Crippen LogP contribution in [0.25, 0.3) is 10.2 Å². The second kappa shape index (κ2) is 7.81. The molecular weight excluding hydrogens is 344 g/mol. The van der Waals surface area contributed by atoms with E-state index in [1.807, 2.05) is 12.1 Å². The predicted molar refractivity (Wildman–Crippen MR) is 104 cm³/mol. The van der Waals surface area contributed by atoms with Crippen molar-refractivity contribution in [2.75, 3.05) is 13.1 Å². The molecule has 0 saturated heterocycles. The Bertz CT molecular complexity index is 970. The number of hydrogen-bond acceptors (Lipinski definition) is 5. The normalized spacial score (nSPS) is 11.1. The zero-order valence-corrected chi connectivity index (χ0v) is 16.4. The van der Waals surface area contributed by atoms with Gasteiger partial charge in [-0.25, -0.2) is 4.98 Å². The van der Waals surface area contributed by atoms with Gasteiger partial charge in [-0.05, 0) is 51.5 Å². The van der Waals surface area contributed by atoms with Gasteiger partial charge in [0.05, 0.1) is 30.1 Å². The van der Waals surface area contributed by atoms with Crippen LogP contribution in [0.1, 0.15) is 35.7 Å². The molecule has 0 fully saturated rings. The van der Waals surface area contributed by atoms with E-state index in [0.717, 1.165) is 41.2 Å². The van der Waals surface area contributed by atoms with Crippen LogP contribution in [0.3, 0.4) is 0 Å². The largest absolute Gasteiger partial charge is 0.438 e. The van der Waals surface area contributed by atoms with Crippen molar-refractivity contribution >= 4 is 21.6 Å². The zero-order valence-electron chi connectivity index (χ0n) is 15.6. The molecule has 2 heterocycles. The Hall–Kier alpha value is -2.49. The minimum atomic E-state index is 0.568. The fourth-order valence-corrected chi connectivity index (χ4v) is 3.91. The maximum Gasteiger partial charge on any atom is 0.231 e. The number of nitrogens with one attached hydrogen (secondary N) is 1. The lowest BCUT2D eigenvalue weighted by Crippen LogP contribution is -3.10. The summed E-state index contributed by atoms with van der Waals surface area (Å²) in [5, 5.41) is 10.1. The number of aryl methyl sites for hydroxylation is 2. The standard InChI is InChI=1S/C20H22N4OS/c1-5-24(6-2)12-17-22-19(18-13(3)14(4)26-20(18)23-17)25-16-9-7-8-15(10-16)11-21/h7-10H,5-6,12H2,1-4H3/p+1. The van der Waals surface area contributed by atoms with Crippen LogP contribution in [-0.4, -0.2) is 23.1 Å². The van der Waals surface area contributed by atoms with Crippen LogP contribution in [0.5, 0.6) is 11.6 Å². The molecule has 0 aliphatic heterocycles. The molecule has 3 aromatic rings. The van der Waals surface area contributed by atoms with E-state index < -0.39 is 0 Å². The topological polar surface area (TPSA) is 63.2 Å². The van der Waals surface area contributed by atoms with Crippen LogP contribution in [0.2, 0.25) is 0 Å². The summed E-state index contributed by atoms with van der Waals surface area (Å²) in [6.45, 7) is 11.3. The van der Waals surface area contributed by atoms with E-state index in [2.05, 4.69) is 33.8 Å². The third-order valence-corrected chi connectivity index (χ3v) is 5.73. The number of nitrogens with zero attached hydrogens (tertiary/aromatic N) is 3. The highest BCUT2D eigenvalue weighted by atomic mass is 32.1. The number of fused-ring (bicyclic) bond motifs is 1. The average molecular weight is 367 g/mol. The van der Waals surface area contributed by atoms with Crippen molar-refractivity contribution in [1.29, 1.82) is 5.26 Å². The highest BCUT2D eigenvalue weighted by molar-refractivity contribution is 7.18. The quantitative estimate of drug-likeness (QED) is 0.725. The summed E-state index contributed by atoms with van der Waals surface area (Å²) in [5.74, 6) is 1.99. The van der Waals surface area contributed by atoms with E-state index in [-0.39, 0.29) is 0 Å². The van der Waals surface area contributed by atoms with Crippen molar-refractivity contribution in [3.05, 3.63) is 46.1 Å². The molecule has 0 aliphatic carbocycles. The van der Waals surface area contributed by atoms with Crippen LogP contribution in [-0.2, 0) is 6.54 Å². The van der Waals surface area contributed by atoms with Gasteiger partial charge in [0.1, 0.15) is 17.1 Å². The minimum Gasteiger partial charge on any atom is -0.438 e. The number of hydrogen-bond donors (Lipinski definition) is 1. The summed E-state index contributed by atoms with van der Waals surface area (Å²) in [6, 6.07) is 9.30. The van der Waals surface area contributed by atoms with Crippen molar-refractivity contribution in [1.82, 2.24) is 9.97 Å². The fourth-order valence-electron chi connectivity index (χ4n) is 2.87. The average Bonchev–Trinajstić information content (AvgIpc) is 2.94. The van der Waals surface area contributed by atoms with E-state index in [1.165, 1.54) is 9.78 Å². The molecule has 2 aromatic heterocycles. The van der Waals surface area contributed by atoms with Crippen molar-refractivity contribution in [3.63, 3.8) is 0 Å². The lowest BCUT2D eigenvalue weighted by atomic mass is 10.2. The van der Waals surface area contributed by atoms with Gasteiger partial charge in [-0.15, -0.1) is 11.3 Å². The second-order valence-electron chi connectivity index (χ2n) is 6.28. The van der Waals surface area contributed by atoms with E-state index in [9.17, 15) is 0 Å². The van der Waals surface area contributed by atoms with Crippen molar-refractivity contribution < 1.29 is 9.64 Å². The molecule has 134 valence electrons. The summed E-state index contributed by atoms with van der Waals surface area (Å²) in [4.78, 5) is 13.1. The van der Waals surface area contributed by atoms with Crippen LogP contribution < -0.4 is 9.64 Å². The van der Waals surface area contributed by atoms with Gasteiger partial charge in [0.2, 0.25) is 5.88 Å². The lowest BCUT2D eigenvalue weighted by molar-refractivity contribution is -0.910. The van der Waals surface area contributed by atoms with Gasteiger partial charge in [-0.2, -0.15) is 10.2 Å². The molecule has 0 aliphatic rings. The first-order valence-electron chi connectivity index (χ1n) is 8.83. The summed E-state index contributed by atoms with van der Waals surface area (Å²) in [6.07, 6.45) is 0. The number of thiophene rings is 1. The van der Waals surface area contributed by atoms with Crippen molar-refractivity contribution in [3.8, 4) is 17.7 Å². The molecule has 1 aromatic carbocycles. The first kappa shape index (κ1) is 18.3. The van der Waals surface area contributed by atoms with Gasteiger partial charge in [0.15, 0.2) is 5.82 Å². The number of quaternary nitrogens is 1. The SMILES string of the molecule is CC[NH+](CC)Cc1nc(Oc2cccc(C#N)c2)c2c(C)c(C)sc2n1. The Morgan fingerprint density at radius 3 is 2.65 bits per heavy atom. The Morgan fingerprint density at radius 2 is 1.96 bits per heavy atom. The summed E-state index contributed by atoms with van der Waals surface area (Å²) in [5.41, 5.74) is 1.72. The van der Waals surface area contributed by atoms with Crippen LogP contribution in [0.4, 0.5) is 0 Å². The van der Waals surface area contributed by atoms with E-state index in [1.54, 1.807) is 23.5 Å². The molecule has 0 saturated carbocycles. The molecule has 0 spiro atoms. The summed E-state index contributed by atoms with van der Waals surface area (Å²) in [7, 11) is 0. The summed E-state index contributed by atoms with van der Waals surface area (Å²) >= 11 is 1.67. The Labute approximate surface area is 157 Å². The Morgan fingerprint density at radius 1 is 1.19 bits per heavy atom. The molecule has 0 bridgehead atoms. The second-order valence-corrected chi connectivity index (χ2v) is 7.49. The zero-order chi connectivity index (χ0) is 18.7. The van der Waals surface area contributed by atoms with Crippen molar-refractivity contribution in [2.24, 2.45) is 0 Å².